The second kappa shape index (κ2) is 5.86. The van der Waals surface area contributed by atoms with Crippen LogP contribution in [0.4, 0.5) is 5.69 Å². The van der Waals surface area contributed by atoms with Gasteiger partial charge >= 0.3 is 0 Å². The van der Waals surface area contributed by atoms with Crippen LogP contribution in [0, 0.1) is 0 Å². The lowest BCUT2D eigenvalue weighted by Crippen LogP contribution is -2.13. The third-order valence-corrected chi connectivity index (χ3v) is 7.58. The van der Waals surface area contributed by atoms with Crippen molar-refractivity contribution in [3.63, 3.8) is 0 Å². The minimum Gasteiger partial charge on any atom is -0.279 e. The summed E-state index contributed by atoms with van der Waals surface area (Å²) in [6.07, 6.45) is 0. The van der Waals surface area contributed by atoms with Gasteiger partial charge in [-0.05, 0) is 46.3 Å². The molecular formula is C10H8BrClN2O4S3. The molecule has 1 heterocycles. The minimum atomic E-state index is -3.82. The lowest BCUT2D eigenvalue weighted by atomic mass is 10.3. The van der Waals surface area contributed by atoms with E-state index in [-0.39, 0.29) is 14.8 Å². The summed E-state index contributed by atoms with van der Waals surface area (Å²) < 4.78 is 49.3. The van der Waals surface area contributed by atoms with Crippen LogP contribution in [0.1, 0.15) is 0 Å². The zero-order valence-electron chi connectivity index (χ0n) is 10.1. The Morgan fingerprint density at radius 1 is 1.14 bits per heavy atom. The monoisotopic (exact) mass is 430 g/mol. The number of nitrogens with two attached hydrogens (primary N) is 1. The van der Waals surface area contributed by atoms with E-state index in [1.807, 2.05) is 0 Å². The van der Waals surface area contributed by atoms with Gasteiger partial charge in [-0.1, -0.05) is 11.6 Å². The van der Waals surface area contributed by atoms with Crippen LogP contribution < -0.4 is 9.86 Å². The Labute approximate surface area is 139 Å². The van der Waals surface area contributed by atoms with Gasteiger partial charge in [0.05, 0.1) is 13.7 Å². The number of halogens is 2. The SMILES string of the molecule is NS(=O)(=O)c1ccc(NS(=O)(=O)c2cc(Cl)c(Br)s2)cc1. The van der Waals surface area contributed by atoms with E-state index in [1.54, 1.807) is 0 Å². The molecular weight excluding hydrogens is 424 g/mol. The molecule has 0 saturated heterocycles. The predicted molar refractivity (Wildman–Crippen MR) is 85.7 cm³/mol. The molecule has 0 spiro atoms. The van der Waals surface area contributed by atoms with Crippen LogP contribution >= 0.6 is 38.9 Å². The number of anilines is 1. The van der Waals surface area contributed by atoms with Crippen LogP contribution in [0.25, 0.3) is 0 Å². The molecule has 1 aromatic carbocycles. The lowest BCUT2D eigenvalue weighted by molar-refractivity contribution is 0.597. The Bertz CT molecular complexity index is 856. The number of hydrogen-bond acceptors (Lipinski definition) is 5. The van der Waals surface area contributed by atoms with Crippen molar-refractivity contribution in [2.75, 3.05) is 4.72 Å². The fourth-order valence-electron chi connectivity index (χ4n) is 1.38. The van der Waals surface area contributed by atoms with Gasteiger partial charge in [-0.15, -0.1) is 11.3 Å². The molecule has 21 heavy (non-hydrogen) atoms. The van der Waals surface area contributed by atoms with Crippen molar-refractivity contribution in [2.24, 2.45) is 5.14 Å². The third-order valence-electron chi connectivity index (χ3n) is 2.32. The van der Waals surface area contributed by atoms with Gasteiger partial charge < -0.3 is 0 Å². The topological polar surface area (TPSA) is 106 Å². The van der Waals surface area contributed by atoms with Crippen molar-refractivity contribution in [2.45, 2.75) is 9.10 Å². The maximum Gasteiger partial charge on any atom is 0.271 e. The van der Waals surface area contributed by atoms with Crippen LogP contribution in [-0.2, 0) is 20.0 Å². The van der Waals surface area contributed by atoms with Crippen molar-refractivity contribution < 1.29 is 16.8 Å². The maximum atomic E-state index is 12.1. The van der Waals surface area contributed by atoms with Crippen LogP contribution in [0.3, 0.4) is 0 Å². The average molecular weight is 432 g/mol. The molecule has 0 saturated carbocycles. The van der Waals surface area contributed by atoms with Crippen LogP contribution in [0.5, 0.6) is 0 Å². The molecule has 114 valence electrons. The van der Waals surface area contributed by atoms with Gasteiger partial charge in [0, 0.05) is 5.69 Å². The van der Waals surface area contributed by atoms with Gasteiger partial charge in [-0.3, -0.25) is 4.72 Å². The van der Waals surface area contributed by atoms with Crippen molar-refractivity contribution >= 4 is 64.6 Å². The fraction of sp³-hybridized carbons (Fsp3) is 0. The summed E-state index contributed by atoms with van der Waals surface area (Å²) in [5.74, 6) is 0. The van der Waals surface area contributed by atoms with E-state index in [0.29, 0.717) is 8.81 Å². The number of thiophene rings is 1. The van der Waals surface area contributed by atoms with E-state index >= 15 is 0 Å². The first-order chi connectivity index (χ1) is 9.59. The highest BCUT2D eigenvalue weighted by molar-refractivity contribution is 9.11. The average Bonchev–Trinajstić information content (AvgIpc) is 2.69. The number of sulfonamides is 2. The molecule has 11 heteroatoms. The summed E-state index contributed by atoms with van der Waals surface area (Å²) in [4.78, 5) is -0.104. The molecule has 0 aliphatic heterocycles. The Hall–Kier alpha value is -0.650. The van der Waals surface area contributed by atoms with Crippen molar-refractivity contribution in [1.82, 2.24) is 0 Å². The Morgan fingerprint density at radius 2 is 1.71 bits per heavy atom. The molecule has 0 atom stereocenters. The van der Waals surface area contributed by atoms with E-state index < -0.39 is 20.0 Å². The molecule has 1 aromatic heterocycles. The highest BCUT2D eigenvalue weighted by Crippen LogP contribution is 2.35. The van der Waals surface area contributed by atoms with Gasteiger partial charge in [0.2, 0.25) is 10.0 Å². The number of hydrogen-bond donors (Lipinski definition) is 2. The molecule has 2 aromatic rings. The minimum absolute atomic E-state index is 0.0369. The highest BCUT2D eigenvalue weighted by atomic mass is 79.9. The maximum absolute atomic E-state index is 12.1. The van der Waals surface area contributed by atoms with Gasteiger partial charge in [-0.25, -0.2) is 22.0 Å². The molecule has 2 rings (SSSR count). The van der Waals surface area contributed by atoms with Gasteiger partial charge in [-0.2, -0.15) is 0 Å². The number of benzene rings is 1. The van der Waals surface area contributed by atoms with Gasteiger partial charge in [0.15, 0.2) is 0 Å². The van der Waals surface area contributed by atoms with Gasteiger partial charge in [0.25, 0.3) is 10.0 Å². The van der Waals surface area contributed by atoms with Crippen molar-refractivity contribution in [3.8, 4) is 0 Å². The first kappa shape index (κ1) is 16.7. The van der Waals surface area contributed by atoms with Crippen LogP contribution in [-0.4, -0.2) is 16.8 Å². The first-order valence-corrected chi connectivity index (χ1v) is 10.2. The Morgan fingerprint density at radius 3 is 2.14 bits per heavy atom. The molecule has 3 N–H and O–H groups in total. The second-order valence-electron chi connectivity index (χ2n) is 3.86. The quantitative estimate of drug-likeness (QED) is 0.776. The molecule has 0 unspecified atom stereocenters. The second-order valence-corrected chi connectivity index (χ2v) is 10.1. The predicted octanol–water partition coefficient (Wildman–Crippen LogP) is 2.61. The van der Waals surface area contributed by atoms with E-state index in [1.165, 1.54) is 30.3 Å². The van der Waals surface area contributed by atoms with Gasteiger partial charge in [0.1, 0.15) is 4.21 Å². The summed E-state index contributed by atoms with van der Waals surface area (Å²) in [7, 11) is -7.61. The number of nitrogens with one attached hydrogen (secondary N) is 1. The normalized spacial score (nSPS) is 12.3. The Balaban J connectivity index is 2.29. The highest BCUT2D eigenvalue weighted by Gasteiger charge is 2.19. The van der Waals surface area contributed by atoms with Crippen LogP contribution in [0.2, 0.25) is 5.02 Å². The van der Waals surface area contributed by atoms with Crippen molar-refractivity contribution in [3.05, 3.63) is 39.1 Å². The number of primary sulfonamides is 1. The molecule has 0 amide bonds. The van der Waals surface area contributed by atoms with E-state index in [9.17, 15) is 16.8 Å². The summed E-state index contributed by atoms with van der Waals surface area (Å²) in [5, 5.41) is 5.26. The Kier molecular flexibility index (Phi) is 4.66. The van der Waals surface area contributed by atoms with E-state index in [4.69, 9.17) is 16.7 Å². The van der Waals surface area contributed by atoms with Crippen molar-refractivity contribution in [1.29, 1.82) is 0 Å². The summed E-state index contributed by atoms with van der Waals surface area (Å²) in [5.41, 5.74) is 0.211. The summed E-state index contributed by atoms with van der Waals surface area (Å²) in [6, 6.07) is 6.36. The van der Waals surface area contributed by atoms with E-state index in [2.05, 4.69) is 20.7 Å². The molecule has 6 nitrogen and oxygen atoms in total. The molecule has 0 fully saturated rings. The lowest BCUT2D eigenvalue weighted by Gasteiger charge is -2.06. The standard InChI is InChI=1S/C10H8BrClN2O4S3/c11-10-8(12)5-9(19-10)21(17,18)14-6-1-3-7(4-2-6)20(13,15)16/h1-5,14H,(H2,13,15,16). The summed E-state index contributed by atoms with van der Waals surface area (Å²) in [6.45, 7) is 0. The summed E-state index contributed by atoms with van der Waals surface area (Å²) >= 11 is 9.91. The van der Waals surface area contributed by atoms with Crippen LogP contribution in [0.15, 0.2) is 43.2 Å². The fourth-order valence-corrected chi connectivity index (χ4v) is 5.35. The third kappa shape index (κ3) is 3.96. The molecule has 0 radical (unpaired) electrons. The van der Waals surface area contributed by atoms with E-state index in [0.717, 1.165) is 11.3 Å². The zero-order chi connectivity index (χ0) is 15.8. The zero-order valence-corrected chi connectivity index (χ0v) is 14.9. The number of rotatable bonds is 4. The molecule has 0 aliphatic rings. The first-order valence-electron chi connectivity index (χ1n) is 5.20. The molecule has 0 aliphatic carbocycles. The smallest absolute Gasteiger partial charge is 0.271 e. The molecule has 0 bridgehead atoms. The largest absolute Gasteiger partial charge is 0.279 e.